The van der Waals surface area contributed by atoms with Crippen molar-refractivity contribution in [3.63, 3.8) is 0 Å². The molecular formula is C29H26N8O2. The molecule has 3 heterocycles. The van der Waals surface area contributed by atoms with Crippen LogP contribution < -0.4 is 10.6 Å². The van der Waals surface area contributed by atoms with Crippen molar-refractivity contribution < 1.29 is 9.53 Å². The van der Waals surface area contributed by atoms with Crippen LogP contribution in [0.15, 0.2) is 73.1 Å². The SMILES string of the molecule is O=C(C#CCN1CCOCC1)Nc1ccc2ncnc(Nc3cccc4nnn(Cc5ccccc5)c34)c2c1. The van der Waals surface area contributed by atoms with E-state index in [0.717, 1.165) is 46.3 Å². The summed E-state index contributed by atoms with van der Waals surface area (Å²) in [6.45, 7) is 4.18. The predicted octanol–water partition coefficient (Wildman–Crippen LogP) is 3.44. The van der Waals surface area contributed by atoms with E-state index in [1.54, 1.807) is 6.07 Å². The maximum absolute atomic E-state index is 12.5. The molecule has 2 N–H and O–H groups in total. The van der Waals surface area contributed by atoms with Crippen LogP contribution >= 0.6 is 0 Å². The fourth-order valence-corrected chi connectivity index (χ4v) is 4.51. The Morgan fingerprint density at radius 2 is 1.85 bits per heavy atom. The number of carbonyl (C=O) groups is 1. The van der Waals surface area contributed by atoms with Crippen molar-refractivity contribution in [1.82, 2.24) is 29.9 Å². The molecule has 3 aromatic carbocycles. The summed E-state index contributed by atoms with van der Waals surface area (Å²) in [6, 6.07) is 21.5. The normalized spacial score (nSPS) is 13.6. The van der Waals surface area contributed by atoms with Gasteiger partial charge in [-0.05, 0) is 41.8 Å². The molecule has 39 heavy (non-hydrogen) atoms. The Kier molecular flexibility index (Phi) is 7.07. The average molecular weight is 519 g/mol. The zero-order valence-electron chi connectivity index (χ0n) is 21.2. The fraction of sp³-hybridized carbons (Fsp3) is 0.207. The molecule has 0 atom stereocenters. The van der Waals surface area contributed by atoms with Crippen molar-refractivity contribution in [2.75, 3.05) is 43.5 Å². The number of ether oxygens (including phenoxy) is 1. The van der Waals surface area contributed by atoms with Gasteiger partial charge in [0.2, 0.25) is 0 Å². The molecule has 1 fully saturated rings. The first-order chi connectivity index (χ1) is 19.2. The van der Waals surface area contributed by atoms with Gasteiger partial charge < -0.3 is 15.4 Å². The lowest BCUT2D eigenvalue weighted by atomic mass is 10.2. The third-order valence-electron chi connectivity index (χ3n) is 6.46. The Labute approximate surface area is 225 Å². The maximum atomic E-state index is 12.5. The van der Waals surface area contributed by atoms with E-state index in [1.165, 1.54) is 6.33 Å². The van der Waals surface area contributed by atoms with Gasteiger partial charge in [0.15, 0.2) is 0 Å². The van der Waals surface area contributed by atoms with Gasteiger partial charge in [0.05, 0.1) is 37.5 Å². The fourth-order valence-electron chi connectivity index (χ4n) is 4.51. The second kappa shape index (κ2) is 11.3. The molecule has 10 heteroatoms. The zero-order chi connectivity index (χ0) is 26.4. The minimum absolute atomic E-state index is 0.366. The lowest BCUT2D eigenvalue weighted by molar-refractivity contribution is -0.111. The Bertz CT molecular complexity index is 1680. The van der Waals surface area contributed by atoms with Gasteiger partial charge in [0.25, 0.3) is 5.91 Å². The lowest BCUT2D eigenvalue weighted by Gasteiger charge is -2.24. The molecule has 6 rings (SSSR count). The standard InChI is InChI=1S/C29H26N8O2/c38-27(10-5-13-36-14-16-39-17-15-36)32-22-11-12-24-23(18-22)29(31-20-30-24)33-25-8-4-9-26-28(25)37(35-34-26)19-21-6-2-1-3-7-21/h1-4,6-9,11-12,18,20H,13-17,19H2,(H,32,38)(H,30,31,33). The summed E-state index contributed by atoms with van der Waals surface area (Å²) >= 11 is 0. The van der Waals surface area contributed by atoms with Crippen LogP contribution in [0.1, 0.15) is 5.56 Å². The first-order valence-electron chi connectivity index (χ1n) is 12.7. The number of hydrogen-bond acceptors (Lipinski definition) is 8. The van der Waals surface area contributed by atoms with Crippen molar-refractivity contribution in [3.8, 4) is 11.8 Å². The van der Waals surface area contributed by atoms with Crippen LogP contribution in [-0.2, 0) is 16.1 Å². The third kappa shape index (κ3) is 5.70. The highest BCUT2D eigenvalue weighted by atomic mass is 16.5. The van der Waals surface area contributed by atoms with E-state index in [1.807, 2.05) is 53.2 Å². The first kappa shape index (κ1) is 24.5. The summed E-state index contributed by atoms with van der Waals surface area (Å²) in [6.07, 6.45) is 1.51. The van der Waals surface area contributed by atoms with Crippen LogP contribution in [0.5, 0.6) is 0 Å². The topological polar surface area (TPSA) is 110 Å². The van der Waals surface area contributed by atoms with Gasteiger partial charge in [-0.25, -0.2) is 14.6 Å². The second-order valence-electron chi connectivity index (χ2n) is 9.13. The van der Waals surface area contributed by atoms with E-state index < -0.39 is 0 Å². The molecule has 1 aliphatic heterocycles. The van der Waals surface area contributed by atoms with E-state index in [2.05, 4.69) is 59.8 Å². The number of nitrogens with one attached hydrogen (secondary N) is 2. The van der Waals surface area contributed by atoms with Crippen LogP contribution in [0.25, 0.3) is 21.9 Å². The highest BCUT2D eigenvalue weighted by molar-refractivity contribution is 6.05. The molecular weight excluding hydrogens is 492 g/mol. The number of nitrogens with zero attached hydrogens (tertiary/aromatic N) is 6. The van der Waals surface area contributed by atoms with Crippen molar-refractivity contribution in [2.45, 2.75) is 6.54 Å². The summed E-state index contributed by atoms with van der Waals surface area (Å²) in [4.78, 5) is 23.5. The van der Waals surface area contributed by atoms with Crippen LogP contribution in [-0.4, -0.2) is 68.6 Å². The van der Waals surface area contributed by atoms with Crippen molar-refractivity contribution in [2.24, 2.45) is 0 Å². The van der Waals surface area contributed by atoms with Crippen molar-refractivity contribution in [3.05, 3.63) is 78.6 Å². The summed E-state index contributed by atoms with van der Waals surface area (Å²) in [5.41, 5.74) is 4.94. The average Bonchev–Trinajstić information content (AvgIpc) is 3.38. The number of aromatic nitrogens is 5. The smallest absolute Gasteiger partial charge is 0.300 e. The zero-order valence-corrected chi connectivity index (χ0v) is 21.2. The summed E-state index contributed by atoms with van der Waals surface area (Å²) in [5, 5.41) is 15.8. The molecule has 0 bridgehead atoms. The molecule has 1 amide bonds. The number of fused-ring (bicyclic) bond motifs is 2. The van der Waals surface area contributed by atoms with E-state index in [9.17, 15) is 4.79 Å². The summed E-state index contributed by atoms with van der Waals surface area (Å²) in [7, 11) is 0. The number of hydrogen-bond donors (Lipinski definition) is 2. The van der Waals surface area contributed by atoms with Crippen molar-refractivity contribution >= 4 is 45.0 Å². The van der Waals surface area contributed by atoms with Crippen LogP contribution in [0, 0.1) is 11.8 Å². The van der Waals surface area contributed by atoms with E-state index in [0.29, 0.717) is 37.8 Å². The van der Waals surface area contributed by atoms with Gasteiger partial charge >= 0.3 is 0 Å². The number of amides is 1. The van der Waals surface area contributed by atoms with Gasteiger partial charge in [-0.1, -0.05) is 47.5 Å². The van der Waals surface area contributed by atoms with E-state index in [-0.39, 0.29) is 5.91 Å². The predicted molar refractivity (Wildman–Crippen MR) is 150 cm³/mol. The Morgan fingerprint density at radius 1 is 0.974 bits per heavy atom. The molecule has 2 aromatic heterocycles. The van der Waals surface area contributed by atoms with Crippen LogP contribution in [0.4, 0.5) is 17.2 Å². The molecule has 0 spiro atoms. The first-order valence-corrected chi connectivity index (χ1v) is 12.7. The molecule has 0 aliphatic carbocycles. The molecule has 0 radical (unpaired) electrons. The highest BCUT2D eigenvalue weighted by Crippen LogP contribution is 2.29. The van der Waals surface area contributed by atoms with E-state index >= 15 is 0 Å². The quantitative estimate of drug-likeness (QED) is 0.329. The second-order valence-corrected chi connectivity index (χ2v) is 9.13. The minimum Gasteiger partial charge on any atom is -0.379 e. The van der Waals surface area contributed by atoms with Crippen LogP contribution in [0.3, 0.4) is 0 Å². The number of benzene rings is 3. The molecule has 1 saturated heterocycles. The third-order valence-corrected chi connectivity index (χ3v) is 6.46. The number of morpholine rings is 1. The molecule has 10 nitrogen and oxygen atoms in total. The van der Waals surface area contributed by atoms with Gasteiger partial charge in [-0.2, -0.15) is 0 Å². The maximum Gasteiger partial charge on any atom is 0.300 e. The molecule has 0 unspecified atom stereocenters. The van der Waals surface area contributed by atoms with Gasteiger partial charge in [-0.3, -0.25) is 9.69 Å². The van der Waals surface area contributed by atoms with Crippen molar-refractivity contribution in [1.29, 1.82) is 0 Å². The number of para-hydroxylation sites is 1. The van der Waals surface area contributed by atoms with Gasteiger partial charge in [0, 0.05) is 24.2 Å². The Balaban J connectivity index is 1.24. The Hall–Kier alpha value is -4.85. The van der Waals surface area contributed by atoms with Crippen LogP contribution in [0.2, 0.25) is 0 Å². The summed E-state index contributed by atoms with van der Waals surface area (Å²) in [5.74, 6) is 5.87. The number of rotatable bonds is 6. The Morgan fingerprint density at radius 3 is 2.72 bits per heavy atom. The minimum atomic E-state index is -0.366. The lowest BCUT2D eigenvalue weighted by Crippen LogP contribution is -2.36. The van der Waals surface area contributed by atoms with E-state index in [4.69, 9.17) is 4.74 Å². The molecule has 194 valence electrons. The highest BCUT2D eigenvalue weighted by Gasteiger charge is 2.13. The number of anilines is 3. The van der Waals surface area contributed by atoms with Gasteiger partial charge in [-0.15, -0.1) is 5.10 Å². The molecule has 1 aliphatic rings. The molecule has 5 aromatic rings. The largest absolute Gasteiger partial charge is 0.379 e. The number of carbonyl (C=O) groups excluding carboxylic acids is 1. The summed E-state index contributed by atoms with van der Waals surface area (Å²) < 4.78 is 7.22. The molecule has 0 saturated carbocycles. The monoisotopic (exact) mass is 518 g/mol. The van der Waals surface area contributed by atoms with Gasteiger partial charge in [0.1, 0.15) is 23.2 Å².